The van der Waals surface area contributed by atoms with Crippen molar-refractivity contribution < 1.29 is 0 Å². The summed E-state index contributed by atoms with van der Waals surface area (Å²) in [5, 5.41) is 16.4. The van der Waals surface area contributed by atoms with E-state index in [-0.39, 0.29) is 0 Å². The zero-order chi connectivity index (χ0) is 12.4. The third-order valence-electron chi connectivity index (χ3n) is 2.32. The highest BCUT2D eigenvalue weighted by atomic mass is 79.9. The van der Waals surface area contributed by atoms with E-state index in [1.165, 1.54) is 0 Å². The van der Waals surface area contributed by atoms with Gasteiger partial charge in [0, 0.05) is 23.4 Å². The van der Waals surface area contributed by atoms with E-state index >= 15 is 0 Å². The van der Waals surface area contributed by atoms with Gasteiger partial charge in [0.25, 0.3) is 0 Å². The molecule has 5 heteroatoms. The van der Waals surface area contributed by atoms with E-state index < -0.39 is 0 Å². The van der Waals surface area contributed by atoms with Crippen molar-refractivity contribution in [3.8, 4) is 6.07 Å². The zero-order valence-corrected chi connectivity index (χ0v) is 11.1. The molecule has 0 spiro atoms. The van der Waals surface area contributed by atoms with Gasteiger partial charge in [-0.3, -0.25) is 4.68 Å². The van der Waals surface area contributed by atoms with Crippen LogP contribution in [0.2, 0.25) is 0 Å². The van der Waals surface area contributed by atoms with E-state index in [2.05, 4.69) is 32.4 Å². The number of halogens is 1. The van der Waals surface area contributed by atoms with Crippen LogP contribution in [-0.4, -0.2) is 9.78 Å². The second-order valence-electron chi connectivity index (χ2n) is 3.77. The number of hydrogen-bond donors (Lipinski definition) is 1. The van der Waals surface area contributed by atoms with Crippen molar-refractivity contribution in [2.75, 3.05) is 5.32 Å². The average Bonchev–Trinajstić information content (AvgIpc) is 2.56. The third-order valence-corrected chi connectivity index (χ3v) is 2.78. The summed E-state index contributed by atoms with van der Waals surface area (Å²) in [7, 11) is 1.87. The summed E-state index contributed by atoms with van der Waals surface area (Å²) in [5.41, 5.74) is 3.34. The quantitative estimate of drug-likeness (QED) is 0.925. The Bertz CT molecular complexity index is 595. The Morgan fingerprint density at radius 2 is 2.18 bits per heavy atom. The van der Waals surface area contributed by atoms with Gasteiger partial charge in [0.15, 0.2) is 0 Å². The molecule has 0 aliphatic heterocycles. The van der Waals surface area contributed by atoms with Crippen molar-refractivity contribution >= 4 is 27.3 Å². The molecule has 0 radical (unpaired) electrons. The molecular weight excluding hydrogens is 280 g/mol. The number of benzene rings is 1. The molecule has 0 fully saturated rings. The van der Waals surface area contributed by atoms with Crippen molar-refractivity contribution in [1.29, 1.82) is 5.26 Å². The molecule has 0 bridgehead atoms. The molecule has 0 aliphatic rings. The summed E-state index contributed by atoms with van der Waals surface area (Å²) < 4.78 is 2.63. The molecule has 1 aromatic heterocycles. The second kappa shape index (κ2) is 4.60. The van der Waals surface area contributed by atoms with E-state index in [4.69, 9.17) is 5.26 Å². The van der Waals surface area contributed by atoms with Gasteiger partial charge in [-0.2, -0.15) is 10.4 Å². The number of rotatable bonds is 2. The Kier molecular flexibility index (Phi) is 3.16. The summed E-state index contributed by atoms with van der Waals surface area (Å²) in [5.74, 6) is 0. The summed E-state index contributed by atoms with van der Waals surface area (Å²) in [6.07, 6.45) is 1.91. The second-order valence-corrected chi connectivity index (χ2v) is 4.68. The Balaban J connectivity index is 2.33. The van der Waals surface area contributed by atoms with Crippen molar-refractivity contribution in [3.63, 3.8) is 0 Å². The maximum absolute atomic E-state index is 8.90. The van der Waals surface area contributed by atoms with Crippen LogP contribution in [-0.2, 0) is 7.05 Å². The highest BCUT2D eigenvalue weighted by Crippen LogP contribution is 2.24. The molecule has 4 nitrogen and oxygen atoms in total. The SMILES string of the molecule is Cc1nn(C)cc1Nc1cc(Br)cc(C#N)c1. The first-order valence-electron chi connectivity index (χ1n) is 5.06. The third kappa shape index (κ3) is 2.66. The molecule has 0 saturated heterocycles. The maximum Gasteiger partial charge on any atom is 0.0992 e. The lowest BCUT2D eigenvalue weighted by atomic mass is 10.2. The molecule has 0 aliphatic carbocycles. The zero-order valence-electron chi connectivity index (χ0n) is 9.53. The van der Waals surface area contributed by atoms with Crippen LogP contribution < -0.4 is 5.32 Å². The van der Waals surface area contributed by atoms with Gasteiger partial charge in [0.1, 0.15) is 0 Å². The predicted octanol–water partition coefficient (Wildman–Crippen LogP) is 3.11. The lowest BCUT2D eigenvalue weighted by molar-refractivity contribution is 0.756. The first kappa shape index (κ1) is 11.7. The molecule has 2 aromatic rings. The molecule has 1 aromatic carbocycles. The molecule has 1 N–H and O–H groups in total. The van der Waals surface area contributed by atoms with E-state index in [9.17, 15) is 0 Å². The summed E-state index contributed by atoms with van der Waals surface area (Å²) in [4.78, 5) is 0. The first-order chi connectivity index (χ1) is 8.08. The van der Waals surface area contributed by atoms with Crippen molar-refractivity contribution in [2.45, 2.75) is 6.92 Å². The number of aryl methyl sites for hydroxylation is 2. The molecular formula is C12H11BrN4. The van der Waals surface area contributed by atoms with E-state index in [1.807, 2.05) is 26.2 Å². The number of hydrogen-bond acceptors (Lipinski definition) is 3. The molecule has 2 rings (SSSR count). The standard InChI is InChI=1S/C12H11BrN4/c1-8-12(7-17(2)16-8)15-11-4-9(6-14)3-10(13)5-11/h3-5,7,15H,1-2H3. The van der Waals surface area contributed by atoms with Gasteiger partial charge in [-0.15, -0.1) is 0 Å². The van der Waals surface area contributed by atoms with Gasteiger partial charge in [0.05, 0.1) is 23.0 Å². The summed E-state index contributed by atoms with van der Waals surface area (Å²) >= 11 is 3.38. The number of nitrogens with one attached hydrogen (secondary N) is 1. The van der Waals surface area contributed by atoms with Crippen molar-refractivity contribution in [2.24, 2.45) is 7.05 Å². The molecule has 0 amide bonds. The van der Waals surface area contributed by atoms with Crippen LogP contribution in [0.5, 0.6) is 0 Å². The van der Waals surface area contributed by atoms with Gasteiger partial charge < -0.3 is 5.32 Å². The Morgan fingerprint density at radius 1 is 1.41 bits per heavy atom. The van der Waals surface area contributed by atoms with Crippen LogP contribution in [0, 0.1) is 18.3 Å². The molecule has 0 saturated carbocycles. The van der Waals surface area contributed by atoms with Crippen LogP contribution in [0.15, 0.2) is 28.9 Å². The molecule has 17 heavy (non-hydrogen) atoms. The smallest absolute Gasteiger partial charge is 0.0992 e. The first-order valence-corrected chi connectivity index (χ1v) is 5.86. The minimum Gasteiger partial charge on any atom is -0.353 e. The number of aromatic nitrogens is 2. The maximum atomic E-state index is 8.90. The van der Waals surface area contributed by atoms with E-state index in [0.29, 0.717) is 5.56 Å². The average molecular weight is 291 g/mol. The largest absolute Gasteiger partial charge is 0.353 e. The predicted molar refractivity (Wildman–Crippen MR) is 70.1 cm³/mol. The van der Waals surface area contributed by atoms with E-state index in [0.717, 1.165) is 21.5 Å². The van der Waals surface area contributed by atoms with Gasteiger partial charge in [-0.25, -0.2) is 0 Å². The highest BCUT2D eigenvalue weighted by Gasteiger charge is 2.04. The summed E-state index contributed by atoms with van der Waals surface area (Å²) in [6.45, 7) is 1.94. The normalized spacial score (nSPS) is 10.0. The fourth-order valence-electron chi connectivity index (χ4n) is 1.60. The van der Waals surface area contributed by atoms with Crippen LogP contribution in [0.25, 0.3) is 0 Å². The van der Waals surface area contributed by atoms with Crippen LogP contribution in [0.4, 0.5) is 11.4 Å². The van der Waals surface area contributed by atoms with Crippen LogP contribution >= 0.6 is 15.9 Å². The van der Waals surface area contributed by atoms with Gasteiger partial charge >= 0.3 is 0 Å². The number of nitriles is 1. The van der Waals surface area contributed by atoms with Crippen molar-refractivity contribution in [1.82, 2.24) is 9.78 Å². The number of anilines is 2. The minimum atomic E-state index is 0.614. The Hall–Kier alpha value is -1.80. The van der Waals surface area contributed by atoms with Gasteiger partial charge in [-0.05, 0) is 25.1 Å². The fourth-order valence-corrected chi connectivity index (χ4v) is 2.10. The topological polar surface area (TPSA) is 53.6 Å². The number of nitrogens with zero attached hydrogens (tertiary/aromatic N) is 3. The fraction of sp³-hybridized carbons (Fsp3) is 0.167. The monoisotopic (exact) mass is 290 g/mol. The van der Waals surface area contributed by atoms with E-state index in [1.54, 1.807) is 16.8 Å². The molecule has 0 atom stereocenters. The van der Waals surface area contributed by atoms with Crippen LogP contribution in [0.3, 0.4) is 0 Å². The molecule has 0 unspecified atom stereocenters. The Morgan fingerprint density at radius 3 is 2.76 bits per heavy atom. The molecule has 86 valence electrons. The van der Waals surface area contributed by atoms with Crippen molar-refractivity contribution in [3.05, 3.63) is 40.1 Å². The van der Waals surface area contributed by atoms with Gasteiger partial charge in [0.2, 0.25) is 0 Å². The lowest BCUT2D eigenvalue weighted by Gasteiger charge is -2.05. The van der Waals surface area contributed by atoms with Crippen LogP contribution in [0.1, 0.15) is 11.3 Å². The van der Waals surface area contributed by atoms with Gasteiger partial charge in [-0.1, -0.05) is 15.9 Å². The highest BCUT2D eigenvalue weighted by molar-refractivity contribution is 9.10. The minimum absolute atomic E-state index is 0.614. The lowest BCUT2D eigenvalue weighted by Crippen LogP contribution is -1.91. The molecule has 1 heterocycles. The summed E-state index contributed by atoms with van der Waals surface area (Å²) in [6, 6.07) is 7.63. The Labute approximate surface area is 108 Å².